The number of benzene rings is 1. The zero-order chi connectivity index (χ0) is 20.8. The lowest BCUT2D eigenvalue weighted by Crippen LogP contribution is -2.17. The standard InChI is InChI=1S/C20H22N4O3S2/c1-4-27-19(26)10-15-11-28-20(21-15)29-12-18(25)22-17-9-14(3)23-24(17)16-7-5-13(2)6-8-16/h5-9,11H,4,10,12H2,1-3H3,(H,22,25). The van der Waals surface area contributed by atoms with E-state index in [1.165, 1.54) is 23.1 Å². The van der Waals surface area contributed by atoms with Crippen molar-refractivity contribution in [3.63, 3.8) is 0 Å². The van der Waals surface area contributed by atoms with Crippen molar-refractivity contribution in [1.29, 1.82) is 0 Å². The number of aryl methyl sites for hydroxylation is 2. The fraction of sp³-hybridized carbons (Fsp3) is 0.300. The highest BCUT2D eigenvalue weighted by molar-refractivity contribution is 8.01. The molecule has 1 N–H and O–H groups in total. The van der Waals surface area contributed by atoms with Gasteiger partial charge in [-0.15, -0.1) is 11.3 Å². The number of carbonyl (C=O) groups is 2. The maximum absolute atomic E-state index is 12.4. The van der Waals surface area contributed by atoms with Gasteiger partial charge in [-0.3, -0.25) is 9.59 Å². The number of thiazole rings is 1. The van der Waals surface area contributed by atoms with Crippen LogP contribution in [0.15, 0.2) is 40.1 Å². The third-order valence-electron chi connectivity index (χ3n) is 3.87. The molecule has 0 saturated heterocycles. The van der Waals surface area contributed by atoms with Gasteiger partial charge in [-0.05, 0) is 32.9 Å². The molecule has 0 saturated carbocycles. The topological polar surface area (TPSA) is 86.1 Å². The molecular formula is C20H22N4O3S2. The van der Waals surface area contributed by atoms with Gasteiger partial charge in [0.05, 0.1) is 35.9 Å². The zero-order valence-corrected chi connectivity index (χ0v) is 18.1. The maximum Gasteiger partial charge on any atom is 0.311 e. The van der Waals surface area contributed by atoms with E-state index in [2.05, 4.69) is 15.4 Å². The lowest BCUT2D eigenvalue weighted by molar-refractivity contribution is -0.142. The molecule has 0 aliphatic carbocycles. The molecule has 1 aromatic carbocycles. The van der Waals surface area contributed by atoms with Crippen LogP contribution in [0.2, 0.25) is 0 Å². The summed E-state index contributed by atoms with van der Waals surface area (Å²) in [6, 6.07) is 9.77. The molecule has 29 heavy (non-hydrogen) atoms. The van der Waals surface area contributed by atoms with Crippen LogP contribution in [-0.2, 0) is 20.7 Å². The molecule has 0 spiro atoms. The number of aromatic nitrogens is 3. The third-order valence-corrected chi connectivity index (χ3v) is 5.94. The number of amides is 1. The second-order valence-corrected chi connectivity index (χ2v) is 8.42. The third kappa shape index (κ3) is 5.91. The maximum atomic E-state index is 12.4. The number of nitrogens with zero attached hydrogens (tertiary/aromatic N) is 3. The van der Waals surface area contributed by atoms with E-state index in [0.29, 0.717) is 18.1 Å². The van der Waals surface area contributed by atoms with Gasteiger partial charge < -0.3 is 10.1 Å². The minimum atomic E-state index is -0.299. The van der Waals surface area contributed by atoms with Crippen LogP contribution in [0.5, 0.6) is 0 Å². The van der Waals surface area contributed by atoms with E-state index in [9.17, 15) is 9.59 Å². The van der Waals surface area contributed by atoms with Gasteiger partial charge in [0.25, 0.3) is 0 Å². The highest BCUT2D eigenvalue weighted by Gasteiger charge is 2.13. The van der Waals surface area contributed by atoms with Gasteiger partial charge in [-0.1, -0.05) is 29.5 Å². The minimum Gasteiger partial charge on any atom is -0.466 e. The van der Waals surface area contributed by atoms with Gasteiger partial charge in [-0.25, -0.2) is 9.67 Å². The first-order valence-electron chi connectivity index (χ1n) is 9.11. The molecule has 0 aliphatic heterocycles. The molecule has 9 heteroatoms. The van der Waals surface area contributed by atoms with Crippen molar-refractivity contribution < 1.29 is 14.3 Å². The van der Waals surface area contributed by atoms with Crippen LogP contribution in [0.4, 0.5) is 5.82 Å². The van der Waals surface area contributed by atoms with E-state index in [1.807, 2.05) is 49.6 Å². The zero-order valence-electron chi connectivity index (χ0n) is 16.5. The summed E-state index contributed by atoms with van der Waals surface area (Å²) >= 11 is 2.74. The average molecular weight is 431 g/mol. The Morgan fingerprint density at radius 1 is 1.24 bits per heavy atom. The Hall–Kier alpha value is -2.65. The molecule has 3 rings (SSSR count). The fourth-order valence-corrected chi connectivity index (χ4v) is 4.22. The molecule has 3 aromatic rings. The second-order valence-electron chi connectivity index (χ2n) is 6.34. The molecule has 2 heterocycles. The Labute approximate surface area is 177 Å². The van der Waals surface area contributed by atoms with E-state index in [4.69, 9.17) is 4.74 Å². The predicted octanol–water partition coefficient (Wildman–Crippen LogP) is 3.78. The number of carbonyl (C=O) groups excluding carboxylic acids is 2. The lowest BCUT2D eigenvalue weighted by atomic mass is 10.2. The molecule has 0 radical (unpaired) electrons. The molecule has 0 fully saturated rings. The summed E-state index contributed by atoms with van der Waals surface area (Å²) < 4.78 is 7.38. The number of hydrogen-bond donors (Lipinski definition) is 1. The molecule has 152 valence electrons. The Balaban J connectivity index is 1.58. The Bertz CT molecular complexity index is 996. The Morgan fingerprint density at radius 2 is 2.00 bits per heavy atom. The lowest BCUT2D eigenvalue weighted by Gasteiger charge is -2.09. The first kappa shape index (κ1) is 21.1. The quantitative estimate of drug-likeness (QED) is 0.432. The SMILES string of the molecule is CCOC(=O)Cc1csc(SCC(=O)Nc2cc(C)nn2-c2ccc(C)cc2)n1. The molecule has 0 aliphatic rings. The highest BCUT2D eigenvalue weighted by Crippen LogP contribution is 2.24. The molecule has 0 atom stereocenters. The largest absolute Gasteiger partial charge is 0.466 e. The molecule has 0 unspecified atom stereocenters. The van der Waals surface area contributed by atoms with Crippen molar-refractivity contribution in [1.82, 2.24) is 14.8 Å². The number of thioether (sulfide) groups is 1. The summed E-state index contributed by atoms with van der Waals surface area (Å²) in [4.78, 5) is 28.3. The van der Waals surface area contributed by atoms with Gasteiger partial charge in [0.2, 0.25) is 5.91 Å². The van der Waals surface area contributed by atoms with Gasteiger partial charge in [0, 0.05) is 11.4 Å². The monoisotopic (exact) mass is 430 g/mol. The number of rotatable bonds is 8. The molecule has 0 bridgehead atoms. The van der Waals surface area contributed by atoms with E-state index >= 15 is 0 Å². The Kier molecular flexibility index (Phi) is 7.05. The van der Waals surface area contributed by atoms with E-state index in [1.54, 1.807) is 11.6 Å². The highest BCUT2D eigenvalue weighted by atomic mass is 32.2. The van der Waals surface area contributed by atoms with Crippen LogP contribution >= 0.6 is 23.1 Å². The van der Waals surface area contributed by atoms with Crippen LogP contribution in [0.25, 0.3) is 5.69 Å². The normalized spacial score (nSPS) is 10.7. The van der Waals surface area contributed by atoms with Crippen LogP contribution in [-0.4, -0.2) is 39.0 Å². The van der Waals surface area contributed by atoms with Crippen molar-refractivity contribution in [2.24, 2.45) is 0 Å². The summed E-state index contributed by atoms with van der Waals surface area (Å²) in [6.45, 7) is 6.03. The summed E-state index contributed by atoms with van der Waals surface area (Å²) in [5, 5.41) is 9.20. The summed E-state index contributed by atoms with van der Waals surface area (Å²) in [6.07, 6.45) is 0.145. The summed E-state index contributed by atoms with van der Waals surface area (Å²) in [5.41, 5.74) is 3.52. The van der Waals surface area contributed by atoms with Crippen molar-refractivity contribution >= 4 is 40.8 Å². The molecular weight excluding hydrogens is 408 g/mol. The molecule has 7 nitrogen and oxygen atoms in total. The number of nitrogens with one attached hydrogen (secondary N) is 1. The van der Waals surface area contributed by atoms with E-state index in [0.717, 1.165) is 21.3 Å². The number of anilines is 1. The predicted molar refractivity (Wildman–Crippen MR) is 115 cm³/mol. The van der Waals surface area contributed by atoms with Gasteiger partial charge >= 0.3 is 5.97 Å². The molecule has 1 amide bonds. The minimum absolute atomic E-state index is 0.145. The van der Waals surface area contributed by atoms with Crippen LogP contribution in [0.3, 0.4) is 0 Å². The Morgan fingerprint density at radius 3 is 2.72 bits per heavy atom. The fourth-order valence-electron chi connectivity index (χ4n) is 2.57. The second kappa shape index (κ2) is 9.71. The first-order chi connectivity index (χ1) is 13.9. The van der Waals surface area contributed by atoms with Gasteiger partial charge in [-0.2, -0.15) is 5.10 Å². The van der Waals surface area contributed by atoms with Crippen LogP contribution in [0.1, 0.15) is 23.9 Å². The summed E-state index contributed by atoms with van der Waals surface area (Å²) in [5.74, 6) is 0.390. The average Bonchev–Trinajstić information content (AvgIpc) is 3.27. The number of hydrogen-bond acceptors (Lipinski definition) is 7. The van der Waals surface area contributed by atoms with Crippen molar-refractivity contribution in [2.45, 2.75) is 31.5 Å². The number of esters is 1. The van der Waals surface area contributed by atoms with Gasteiger partial charge in [0.15, 0.2) is 4.34 Å². The van der Waals surface area contributed by atoms with Gasteiger partial charge in [0.1, 0.15) is 5.82 Å². The van der Waals surface area contributed by atoms with E-state index in [-0.39, 0.29) is 24.1 Å². The number of ether oxygens (including phenoxy) is 1. The molecule has 2 aromatic heterocycles. The van der Waals surface area contributed by atoms with Crippen LogP contribution < -0.4 is 5.32 Å². The van der Waals surface area contributed by atoms with Crippen LogP contribution in [0, 0.1) is 13.8 Å². The van der Waals surface area contributed by atoms with Crippen molar-refractivity contribution in [2.75, 3.05) is 17.7 Å². The first-order valence-corrected chi connectivity index (χ1v) is 11.0. The summed E-state index contributed by atoms with van der Waals surface area (Å²) in [7, 11) is 0. The van der Waals surface area contributed by atoms with Crippen molar-refractivity contribution in [3.8, 4) is 5.69 Å². The van der Waals surface area contributed by atoms with E-state index < -0.39 is 0 Å². The smallest absolute Gasteiger partial charge is 0.311 e. The van der Waals surface area contributed by atoms with Crippen molar-refractivity contribution in [3.05, 3.63) is 52.7 Å².